The number of benzene rings is 1. The van der Waals surface area contributed by atoms with E-state index in [0.717, 1.165) is 18.2 Å². The fourth-order valence-corrected chi connectivity index (χ4v) is 1.57. The first-order valence-corrected chi connectivity index (χ1v) is 5.30. The van der Waals surface area contributed by atoms with Crippen molar-refractivity contribution in [2.45, 2.75) is 6.54 Å². The Morgan fingerprint density at radius 1 is 1.56 bits per heavy atom. The lowest BCUT2D eigenvalue weighted by Crippen LogP contribution is -2.26. The van der Waals surface area contributed by atoms with Crippen LogP contribution < -0.4 is 0 Å². The van der Waals surface area contributed by atoms with Gasteiger partial charge in [0.15, 0.2) is 0 Å². The molecule has 2 aromatic rings. The van der Waals surface area contributed by atoms with Crippen molar-refractivity contribution in [3.05, 3.63) is 47.8 Å². The molecule has 0 fully saturated rings. The van der Waals surface area contributed by atoms with Gasteiger partial charge in [-0.3, -0.25) is 4.79 Å². The van der Waals surface area contributed by atoms with E-state index in [1.807, 2.05) is 0 Å². The van der Waals surface area contributed by atoms with Gasteiger partial charge in [-0.25, -0.2) is 9.37 Å². The predicted octanol–water partition coefficient (Wildman–Crippen LogP) is 1.53. The summed E-state index contributed by atoms with van der Waals surface area (Å²) < 4.78 is 13.0. The average molecular weight is 249 g/mol. The van der Waals surface area contributed by atoms with Gasteiger partial charge in [-0.05, 0) is 18.2 Å². The van der Waals surface area contributed by atoms with E-state index in [2.05, 4.69) is 9.97 Å². The first-order chi connectivity index (χ1) is 8.58. The summed E-state index contributed by atoms with van der Waals surface area (Å²) in [6.07, 6.45) is 3.22. The maximum atomic E-state index is 13.0. The number of nitrogens with one attached hydrogen (secondary N) is 1. The molecule has 1 amide bonds. The largest absolute Gasteiger partial charge is 0.507 e. The minimum atomic E-state index is -0.567. The van der Waals surface area contributed by atoms with Crippen LogP contribution in [0.4, 0.5) is 4.39 Å². The zero-order valence-corrected chi connectivity index (χ0v) is 9.72. The van der Waals surface area contributed by atoms with Crippen LogP contribution in [-0.2, 0) is 6.54 Å². The Balaban J connectivity index is 2.17. The van der Waals surface area contributed by atoms with Crippen molar-refractivity contribution in [2.24, 2.45) is 0 Å². The van der Waals surface area contributed by atoms with Crippen LogP contribution in [0.15, 0.2) is 30.6 Å². The molecule has 0 aliphatic rings. The van der Waals surface area contributed by atoms with E-state index in [-0.39, 0.29) is 17.9 Å². The smallest absolute Gasteiger partial charge is 0.257 e. The number of halogens is 1. The molecule has 1 aromatic carbocycles. The molecule has 1 heterocycles. The molecule has 6 heteroatoms. The van der Waals surface area contributed by atoms with E-state index in [4.69, 9.17) is 0 Å². The van der Waals surface area contributed by atoms with Gasteiger partial charge in [0.05, 0.1) is 12.1 Å². The number of H-pyrrole nitrogens is 1. The summed E-state index contributed by atoms with van der Waals surface area (Å²) in [5.74, 6) is -0.666. The number of nitrogens with zero attached hydrogens (tertiary/aromatic N) is 2. The molecule has 0 saturated carbocycles. The Hall–Kier alpha value is -2.37. The molecule has 0 spiro atoms. The molecule has 0 atom stereocenters. The Bertz CT molecular complexity index is 554. The van der Waals surface area contributed by atoms with Crippen molar-refractivity contribution in [2.75, 3.05) is 7.05 Å². The van der Waals surface area contributed by atoms with Gasteiger partial charge in [-0.1, -0.05) is 0 Å². The van der Waals surface area contributed by atoms with Gasteiger partial charge in [0.1, 0.15) is 17.4 Å². The van der Waals surface area contributed by atoms with Gasteiger partial charge in [0.25, 0.3) is 5.91 Å². The molecule has 0 radical (unpaired) electrons. The fraction of sp³-hybridized carbons (Fsp3) is 0.167. The highest BCUT2D eigenvalue weighted by Gasteiger charge is 2.17. The van der Waals surface area contributed by atoms with Gasteiger partial charge >= 0.3 is 0 Å². The van der Waals surface area contributed by atoms with Crippen molar-refractivity contribution in [3.8, 4) is 5.75 Å². The molecule has 0 bridgehead atoms. The van der Waals surface area contributed by atoms with Crippen LogP contribution in [0, 0.1) is 5.82 Å². The Morgan fingerprint density at radius 3 is 3.00 bits per heavy atom. The quantitative estimate of drug-likeness (QED) is 0.866. The number of aromatic nitrogens is 2. The zero-order valence-electron chi connectivity index (χ0n) is 9.72. The van der Waals surface area contributed by atoms with Crippen LogP contribution in [0.2, 0.25) is 0 Å². The second kappa shape index (κ2) is 4.87. The summed E-state index contributed by atoms with van der Waals surface area (Å²) in [5, 5.41) is 9.54. The molecule has 94 valence electrons. The lowest BCUT2D eigenvalue weighted by molar-refractivity contribution is 0.0778. The maximum absolute atomic E-state index is 13.0. The zero-order chi connectivity index (χ0) is 13.1. The molecule has 0 aliphatic heterocycles. The average Bonchev–Trinajstić information content (AvgIpc) is 2.84. The number of phenolic OH excluding ortho intramolecular Hbond substituents is 1. The highest BCUT2D eigenvalue weighted by atomic mass is 19.1. The van der Waals surface area contributed by atoms with Crippen molar-refractivity contribution in [1.82, 2.24) is 14.9 Å². The molecule has 0 unspecified atom stereocenters. The van der Waals surface area contributed by atoms with Gasteiger partial charge in [-0.2, -0.15) is 0 Å². The van der Waals surface area contributed by atoms with Crippen molar-refractivity contribution in [3.63, 3.8) is 0 Å². The monoisotopic (exact) mass is 249 g/mol. The van der Waals surface area contributed by atoms with E-state index in [1.54, 1.807) is 19.4 Å². The summed E-state index contributed by atoms with van der Waals surface area (Å²) in [6, 6.07) is 3.26. The third-order valence-corrected chi connectivity index (χ3v) is 2.48. The number of phenols is 1. The van der Waals surface area contributed by atoms with Crippen LogP contribution in [-0.4, -0.2) is 32.9 Å². The number of hydrogen-bond acceptors (Lipinski definition) is 3. The minimum absolute atomic E-state index is 0.0657. The summed E-state index contributed by atoms with van der Waals surface area (Å²) in [6.45, 7) is 0.252. The first-order valence-electron chi connectivity index (χ1n) is 5.30. The highest BCUT2D eigenvalue weighted by molar-refractivity contribution is 5.96. The minimum Gasteiger partial charge on any atom is -0.507 e. The molecular weight excluding hydrogens is 237 g/mol. The third-order valence-electron chi connectivity index (χ3n) is 2.48. The van der Waals surface area contributed by atoms with E-state index < -0.39 is 11.7 Å². The molecule has 2 N–H and O–H groups in total. The summed E-state index contributed by atoms with van der Waals surface area (Å²) >= 11 is 0. The lowest BCUT2D eigenvalue weighted by atomic mass is 10.1. The van der Waals surface area contributed by atoms with E-state index in [0.29, 0.717) is 5.82 Å². The molecule has 18 heavy (non-hydrogen) atoms. The van der Waals surface area contributed by atoms with E-state index >= 15 is 0 Å². The van der Waals surface area contributed by atoms with E-state index in [1.165, 1.54) is 4.90 Å². The lowest BCUT2D eigenvalue weighted by Gasteiger charge is -2.16. The third kappa shape index (κ3) is 2.48. The van der Waals surface area contributed by atoms with Gasteiger partial charge in [0, 0.05) is 19.4 Å². The van der Waals surface area contributed by atoms with Crippen LogP contribution >= 0.6 is 0 Å². The molecule has 5 nitrogen and oxygen atoms in total. The number of carbonyl (C=O) groups excluding carboxylic acids is 1. The van der Waals surface area contributed by atoms with Crippen LogP contribution in [0.25, 0.3) is 0 Å². The van der Waals surface area contributed by atoms with Crippen molar-refractivity contribution >= 4 is 5.91 Å². The number of imidazole rings is 1. The number of rotatable bonds is 3. The first kappa shape index (κ1) is 12.1. The summed E-state index contributed by atoms with van der Waals surface area (Å²) in [5.41, 5.74) is -0.0657. The highest BCUT2D eigenvalue weighted by Crippen LogP contribution is 2.19. The predicted molar refractivity (Wildman–Crippen MR) is 62.5 cm³/mol. The molecule has 2 rings (SSSR count). The van der Waals surface area contributed by atoms with Crippen molar-refractivity contribution < 1.29 is 14.3 Å². The van der Waals surface area contributed by atoms with Gasteiger partial charge in [-0.15, -0.1) is 0 Å². The Morgan fingerprint density at radius 2 is 2.33 bits per heavy atom. The van der Waals surface area contributed by atoms with Gasteiger partial charge in [0.2, 0.25) is 0 Å². The Kier molecular flexibility index (Phi) is 3.27. The Labute approximate surface area is 103 Å². The summed E-state index contributed by atoms with van der Waals surface area (Å²) in [7, 11) is 1.55. The number of aromatic hydroxyl groups is 1. The molecule has 1 aromatic heterocycles. The maximum Gasteiger partial charge on any atom is 0.257 e. The second-order valence-electron chi connectivity index (χ2n) is 3.86. The summed E-state index contributed by atoms with van der Waals surface area (Å²) in [4.78, 5) is 20.2. The fourth-order valence-electron chi connectivity index (χ4n) is 1.57. The van der Waals surface area contributed by atoms with Crippen molar-refractivity contribution in [1.29, 1.82) is 0 Å². The number of amides is 1. The standard InChI is InChI=1S/C12H12FN3O2/c1-16(7-11-14-4-5-15-11)12(18)9-6-8(13)2-3-10(9)17/h2-6,17H,7H2,1H3,(H,14,15). The second-order valence-corrected chi connectivity index (χ2v) is 3.86. The number of hydrogen-bond donors (Lipinski definition) is 2. The number of aromatic amines is 1. The normalized spacial score (nSPS) is 10.3. The SMILES string of the molecule is CN(Cc1ncc[nH]1)C(=O)c1cc(F)ccc1O. The van der Waals surface area contributed by atoms with Gasteiger partial charge < -0.3 is 15.0 Å². The number of carbonyl (C=O) groups is 1. The molecule has 0 aliphatic carbocycles. The van der Waals surface area contributed by atoms with Crippen LogP contribution in [0.3, 0.4) is 0 Å². The molecular formula is C12H12FN3O2. The van der Waals surface area contributed by atoms with Crippen LogP contribution in [0.1, 0.15) is 16.2 Å². The van der Waals surface area contributed by atoms with Crippen LogP contribution in [0.5, 0.6) is 5.75 Å². The van der Waals surface area contributed by atoms with E-state index in [9.17, 15) is 14.3 Å². The topological polar surface area (TPSA) is 69.2 Å². The molecule has 0 saturated heterocycles.